The number of nitriles is 1. The first-order chi connectivity index (χ1) is 14.1. The Kier molecular flexibility index (Phi) is 5.06. The first-order valence-corrected chi connectivity index (χ1v) is 9.35. The molecule has 0 unspecified atom stereocenters. The highest BCUT2D eigenvalue weighted by Gasteiger charge is 2.20. The Balaban J connectivity index is 1.88. The molecule has 8 heteroatoms. The van der Waals surface area contributed by atoms with E-state index in [0.29, 0.717) is 34.0 Å². The normalized spacial score (nSPS) is 13.3. The van der Waals surface area contributed by atoms with E-state index >= 15 is 0 Å². The minimum absolute atomic E-state index is 0.159. The fourth-order valence-corrected chi connectivity index (χ4v) is 3.53. The number of aromatic nitrogens is 3. The maximum atomic E-state index is 9.69. The Morgan fingerprint density at radius 2 is 2.00 bits per heavy atom. The van der Waals surface area contributed by atoms with Gasteiger partial charge in [0.15, 0.2) is 0 Å². The van der Waals surface area contributed by atoms with Crippen molar-refractivity contribution in [1.82, 2.24) is 20.1 Å². The molecule has 0 aliphatic carbocycles. The minimum Gasteiger partial charge on any atom is -0.497 e. The molecule has 148 valence electrons. The van der Waals surface area contributed by atoms with Gasteiger partial charge in [0.05, 0.1) is 31.3 Å². The maximum absolute atomic E-state index is 9.69. The van der Waals surface area contributed by atoms with Crippen molar-refractivity contribution in [2.24, 2.45) is 0 Å². The molecular formula is C21H22N6O2. The molecule has 0 radical (unpaired) electrons. The first-order valence-electron chi connectivity index (χ1n) is 9.35. The van der Waals surface area contributed by atoms with Crippen molar-refractivity contribution in [2.75, 3.05) is 26.5 Å². The number of nitrogens with two attached hydrogens (primary N) is 1. The molecule has 8 nitrogen and oxygen atoms in total. The molecule has 3 N–H and O–H groups in total. The van der Waals surface area contributed by atoms with Gasteiger partial charge in [0.25, 0.3) is 0 Å². The number of methoxy groups -OCH3 is 2. The summed E-state index contributed by atoms with van der Waals surface area (Å²) in [4.78, 5) is 4.45. The van der Waals surface area contributed by atoms with Crippen molar-refractivity contribution >= 4 is 5.82 Å². The van der Waals surface area contributed by atoms with Crippen LogP contribution in [0.1, 0.15) is 17.7 Å². The molecule has 0 saturated heterocycles. The van der Waals surface area contributed by atoms with Crippen LogP contribution in [0.25, 0.3) is 22.5 Å². The van der Waals surface area contributed by atoms with E-state index in [1.165, 1.54) is 0 Å². The summed E-state index contributed by atoms with van der Waals surface area (Å²) in [6.45, 7) is 2.54. The molecule has 1 aliphatic heterocycles. The Hall–Kier alpha value is -3.57. The number of hydrogen-bond acceptors (Lipinski definition) is 7. The largest absolute Gasteiger partial charge is 0.497 e. The van der Waals surface area contributed by atoms with Gasteiger partial charge in [0.2, 0.25) is 0 Å². The number of fused-ring (bicyclic) bond motifs is 1. The van der Waals surface area contributed by atoms with Gasteiger partial charge in [-0.05, 0) is 43.3 Å². The molecule has 0 fully saturated rings. The minimum atomic E-state index is 0.159. The Bertz CT molecular complexity index is 1080. The van der Waals surface area contributed by atoms with Crippen molar-refractivity contribution in [2.45, 2.75) is 19.5 Å². The third-order valence-corrected chi connectivity index (χ3v) is 5.01. The summed E-state index contributed by atoms with van der Waals surface area (Å²) >= 11 is 0. The number of nitrogens with one attached hydrogen (secondary N) is 1. The summed E-state index contributed by atoms with van der Waals surface area (Å²) in [6, 6.07) is 11.5. The van der Waals surface area contributed by atoms with Crippen molar-refractivity contribution < 1.29 is 9.47 Å². The summed E-state index contributed by atoms with van der Waals surface area (Å²) in [5.41, 5.74) is 10.2. The topological polar surface area (TPSA) is 111 Å². The highest BCUT2D eigenvalue weighted by atomic mass is 16.5. The number of nitrogen functional groups attached to an aromatic ring is 1. The molecule has 1 aromatic carbocycles. The number of nitrogens with zero attached hydrogens (tertiary/aromatic N) is 4. The van der Waals surface area contributed by atoms with Gasteiger partial charge in [-0.1, -0.05) is 0 Å². The van der Waals surface area contributed by atoms with Crippen LogP contribution in [0.2, 0.25) is 0 Å². The van der Waals surface area contributed by atoms with E-state index in [-0.39, 0.29) is 5.82 Å². The fraction of sp³-hybridized carbons (Fsp3) is 0.286. The van der Waals surface area contributed by atoms with Crippen LogP contribution >= 0.6 is 0 Å². The van der Waals surface area contributed by atoms with Crippen molar-refractivity contribution in [3.63, 3.8) is 0 Å². The third-order valence-electron chi connectivity index (χ3n) is 5.01. The van der Waals surface area contributed by atoms with Gasteiger partial charge in [0.1, 0.15) is 28.9 Å². The van der Waals surface area contributed by atoms with Gasteiger partial charge in [0, 0.05) is 24.2 Å². The smallest absolute Gasteiger partial charge is 0.142 e. The number of aryl methyl sites for hydroxylation is 1. The van der Waals surface area contributed by atoms with Crippen LogP contribution in [-0.2, 0) is 13.1 Å². The highest BCUT2D eigenvalue weighted by Crippen LogP contribution is 2.36. The highest BCUT2D eigenvalue weighted by molar-refractivity contribution is 5.80. The molecule has 29 heavy (non-hydrogen) atoms. The summed E-state index contributed by atoms with van der Waals surface area (Å²) < 4.78 is 12.8. The number of ether oxygens (including phenoxy) is 2. The first kappa shape index (κ1) is 18.8. The number of anilines is 1. The third kappa shape index (κ3) is 3.48. The van der Waals surface area contributed by atoms with E-state index in [1.807, 2.05) is 35.0 Å². The van der Waals surface area contributed by atoms with Crippen molar-refractivity contribution in [3.05, 3.63) is 41.6 Å². The van der Waals surface area contributed by atoms with Crippen LogP contribution in [0, 0.1) is 11.3 Å². The van der Waals surface area contributed by atoms with Crippen LogP contribution in [-0.4, -0.2) is 35.5 Å². The van der Waals surface area contributed by atoms with Crippen LogP contribution in [0.5, 0.6) is 11.5 Å². The molecule has 3 aromatic rings. The zero-order valence-corrected chi connectivity index (χ0v) is 16.4. The van der Waals surface area contributed by atoms with E-state index in [2.05, 4.69) is 16.4 Å². The van der Waals surface area contributed by atoms with E-state index in [0.717, 1.165) is 37.3 Å². The zero-order valence-electron chi connectivity index (χ0n) is 16.4. The van der Waals surface area contributed by atoms with Gasteiger partial charge in [-0.2, -0.15) is 10.4 Å². The average Bonchev–Trinajstić information content (AvgIpc) is 3.02. The van der Waals surface area contributed by atoms with E-state index in [1.54, 1.807) is 14.2 Å². The molecule has 0 spiro atoms. The van der Waals surface area contributed by atoms with Gasteiger partial charge >= 0.3 is 0 Å². The lowest BCUT2D eigenvalue weighted by Crippen LogP contribution is -2.11. The van der Waals surface area contributed by atoms with Crippen LogP contribution in [0.15, 0.2) is 30.3 Å². The summed E-state index contributed by atoms with van der Waals surface area (Å²) in [5.74, 6) is 1.47. The van der Waals surface area contributed by atoms with E-state index < -0.39 is 0 Å². The molecular weight excluding hydrogens is 368 g/mol. The molecule has 1 aliphatic rings. The number of pyridine rings is 1. The molecule has 0 saturated carbocycles. The van der Waals surface area contributed by atoms with Crippen LogP contribution in [0.3, 0.4) is 0 Å². The van der Waals surface area contributed by atoms with Crippen molar-refractivity contribution in [1.29, 1.82) is 5.26 Å². The maximum Gasteiger partial charge on any atom is 0.142 e. The fourth-order valence-electron chi connectivity index (χ4n) is 3.53. The Morgan fingerprint density at radius 1 is 1.14 bits per heavy atom. The molecule has 3 heterocycles. The van der Waals surface area contributed by atoms with E-state index in [9.17, 15) is 5.26 Å². The Labute approximate surface area is 168 Å². The molecule has 0 bridgehead atoms. The number of hydrogen-bond donors (Lipinski definition) is 2. The quantitative estimate of drug-likeness (QED) is 0.704. The number of rotatable bonds is 4. The second kappa shape index (κ2) is 7.81. The van der Waals surface area contributed by atoms with Gasteiger partial charge < -0.3 is 20.5 Å². The standard InChI is InChI=1S/C21H22N6O2/c1-28-14-4-5-20(29-2)16(9-14)18-10-15(17(11-22)21(23)25-18)19-8-13-12-24-6-3-7-27(13)26-19/h4-5,8-10,24H,3,6-7,12H2,1-2H3,(H2,23,25). The molecule has 2 aromatic heterocycles. The second-order valence-corrected chi connectivity index (χ2v) is 6.77. The van der Waals surface area contributed by atoms with Gasteiger partial charge in [-0.3, -0.25) is 4.68 Å². The average molecular weight is 390 g/mol. The second-order valence-electron chi connectivity index (χ2n) is 6.77. The summed E-state index contributed by atoms with van der Waals surface area (Å²) in [7, 11) is 3.20. The predicted octanol–water partition coefficient (Wildman–Crippen LogP) is 2.58. The molecule has 0 atom stereocenters. The lowest BCUT2D eigenvalue weighted by Gasteiger charge is -2.12. The lowest BCUT2D eigenvalue weighted by molar-refractivity contribution is 0.404. The molecule has 4 rings (SSSR count). The Morgan fingerprint density at radius 3 is 2.76 bits per heavy atom. The van der Waals surface area contributed by atoms with Crippen molar-refractivity contribution in [3.8, 4) is 40.1 Å². The zero-order chi connectivity index (χ0) is 20.4. The van der Waals surface area contributed by atoms with Gasteiger partial charge in [-0.25, -0.2) is 4.98 Å². The molecule has 0 amide bonds. The lowest BCUT2D eigenvalue weighted by atomic mass is 10.0. The predicted molar refractivity (Wildman–Crippen MR) is 109 cm³/mol. The summed E-state index contributed by atoms with van der Waals surface area (Å²) in [6.07, 6.45) is 1.00. The van der Waals surface area contributed by atoms with E-state index in [4.69, 9.17) is 20.3 Å². The monoisotopic (exact) mass is 390 g/mol. The van der Waals surface area contributed by atoms with Crippen LogP contribution < -0.4 is 20.5 Å². The van der Waals surface area contributed by atoms with Gasteiger partial charge in [-0.15, -0.1) is 0 Å². The van der Waals surface area contributed by atoms with Crippen LogP contribution in [0.4, 0.5) is 5.82 Å². The SMILES string of the molecule is COc1ccc(OC)c(-c2cc(-c3cc4n(n3)CCCNC4)c(C#N)c(N)n2)c1. The summed E-state index contributed by atoms with van der Waals surface area (Å²) in [5, 5.41) is 17.8. The number of benzene rings is 1.